The largest absolute Gasteiger partial charge is 0.377 e. The number of piperidine rings is 1. The van der Waals surface area contributed by atoms with Crippen molar-refractivity contribution in [3.05, 3.63) is 0 Å². The Hall–Kier alpha value is -0.0400. The van der Waals surface area contributed by atoms with E-state index >= 15 is 0 Å². The number of hydrogen-bond acceptors (Lipinski definition) is 2. The van der Waals surface area contributed by atoms with Crippen LogP contribution in [0.15, 0.2) is 4.99 Å². The lowest BCUT2D eigenvalue weighted by molar-refractivity contribution is -0.171. The standard InChI is InChI=1S/C18H31N3O.HI/c1-12-9-13(2)11-21(10-12)17(19-3)20-15-14-5-8-22-16(14)18(15)6-4-7-18;/h12-16H,4-11H2,1-3H3,(H,19,20);1H. The van der Waals surface area contributed by atoms with Gasteiger partial charge in [0.05, 0.1) is 6.10 Å². The quantitative estimate of drug-likeness (QED) is 0.392. The van der Waals surface area contributed by atoms with Gasteiger partial charge in [0, 0.05) is 44.1 Å². The molecule has 5 heteroatoms. The summed E-state index contributed by atoms with van der Waals surface area (Å²) in [6.45, 7) is 8.00. The maximum absolute atomic E-state index is 6.04. The molecule has 5 atom stereocenters. The van der Waals surface area contributed by atoms with Crippen LogP contribution in [0.1, 0.15) is 46.0 Å². The first-order valence-corrected chi connectivity index (χ1v) is 9.24. The Kier molecular flexibility index (Phi) is 5.17. The van der Waals surface area contributed by atoms with E-state index in [4.69, 9.17) is 4.74 Å². The summed E-state index contributed by atoms with van der Waals surface area (Å²) in [5.41, 5.74) is 0.435. The Morgan fingerprint density at radius 1 is 1.22 bits per heavy atom. The number of rotatable bonds is 1. The van der Waals surface area contributed by atoms with Gasteiger partial charge in [-0.05, 0) is 37.5 Å². The first kappa shape index (κ1) is 17.8. The number of aliphatic imine (C=N–C) groups is 1. The summed E-state index contributed by atoms with van der Waals surface area (Å²) in [6, 6.07) is 0.597. The fourth-order valence-corrected chi connectivity index (χ4v) is 5.73. The minimum absolute atomic E-state index is 0. The zero-order valence-corrected chi connectivity index (χ0v) is 17.1. The second-order valence-electron chi connectivity index (χ2n) is 8.35. The van der Waals surface area contributed by atoms with E-state index in [1.165, 1.54) is 32.1 Å². The lowest BCUT2D eigenvalue weighted by Crippen LogP contribution is -2.72. The second kappa shape index (κ2) is 6.70. The first-order valence-electron chi connectivity index (χ1n) is 9.24. The first-order chi connectivity index (χ1) is 10.6. The minimum atomic E-state index is 0. The van der Waals surface area contributed by atoms with Crippen molar-refractivity contribution in [3.8, 4) is 0 Å². The topological polar surface area (TPSA) is 36.9 Å². The van der Waals surface area contributed by atoms with Gasteiger partial charge >= 0.3 is 0 Å². The minimum Gasteiger partial charge on any atom is -0.377 e. The van der Waals surface area contributed by atoms with Crippen LogP contribution >= 0.6 is 24.0 Å². The highest BCUT2D eigenvalue weighted by atomic mass is 127. The van der Waals surface area contributed by atoms with Crippen molar-refractivity contribution in [1.82, 2.24) is 10.2 Å². The summed E-state index contributed by atoms with van der Waals surface area (Å²) in [5.74, 6) is 3.39. The molecule has 2 aliphatic carbocycles. The molecule has 0 aromatic heterocycles. The molecule has 2 saturated heterocycles. The fraction of sp³-hybridized carbons (Fsp3) is 0.944. The maximum Gasteiger partial charge on any atom is 0.193 e. The molecule has 4 nitrogen and oxygen atoms in total. The molecule has 2 saturated carbocycles. The molecule has 1 spiro atoms. The van der Waals surface area contributed by atoms with Crippen molar-refractivity contribution in [2.75, 3.05) is 26.7 Å². The maximum atomic E-state index is 6.04. The molecule has 0 bridgehead atoms. The van der Waals surface area contributed by atoms with Crippen molar-refractivity contribution in [3.63, 3.8) is 0 Å². The summed E-state index contributed by atoms with van der Waals surface area (Å²) in [4.78, 5) is 7.13. The Labute approximate surface area is 157 Å². The zero-order chi connectivity index (χ0) is 15.3. The van der Waals surface area contributed by atoms with Gasteiger partial charge < -0.3 is 15.0 Å². The van der Waals surface area contributed by atoms with Crippen molar-refractivity contribution >= 4 is 29.9 Å². The van der Waals surface area contributed by atoms with Crippen LogP contribution in [0, 0.1) is 23.2 Å². The number of guanidine groups is 1. The lowest BCUT2D eigenvalue weighted by Gasteiger charge is -2.63. The van der Waals surface area contributed by atoms with Gasteiger partial charge in [-0.1, -0.05) is 20.3 Å². The summed E-state index contributed by atoms with van der Waals surface area (Å²) in [6.07, 6.45) is 7.18. The molecule has 4 aliphatic rings. The SMILES string of the molecule is CN=C(NC1C2CCOC2C12CCC2)N1CC(C)CC(C)C1.I. The molecule has 1 N–H and O–H groups in total. The van der Waals surface area contributed by atoms with Gasteiger partial charge in [0.2, 0.25) is 0 Å². The number of nitrogens with zero attached hydrogens (tertiary/aromatic N) is 2. The predicted octanol–water partition coefficient (Wildman–Crippen LogP) is 3.12. The number of halogens is 1. The third-order valence-electron chi connectivity index (χ3n) is 6.70. The van der Waals surface area contributed by atoms with E-state index in [2.05, 4.69) is 29.1 Å². The Bertz CT molecular complexity index is 455. The van der Waals surface area contributed by atoms with Crippen LogP contribution < -0.4 is 5.32 Å². The molecule has 5 unspecified atom stereocenters. The summed E-state index contributed by atoms with van der Waals surface area (Å²) in [5, 5.41) is 3.87. The molecule has 0 aromatic carbocycles. The van der Waals surface area contributed by atoms with Gasteiger partial charge in [0.15, 0.2) is 5.96 Å². The van der Waals surface area contributed by atoms with Crippen LogP contribution in [0.25, 0.3) is 0 Å². The average Bonchev–Trinajstić information content (AvgIpc) is 2.82. The molecule has 0 amide bonds. The third kappa shape index (κ3) is 2.79. The Morgan fingerprint density at radius 2 is 1.91 bits per heavy atom. The molecule has 0 radical (unpaired) electrons. The van der Waals surface area contributed by atoms with E-state index in [9.17, 15) is 0 Å². The molecular weight excluding hydrogens is 401 g/mol. The molecule has 4 fully saturated rings. The highest BCUT2D eigenvalue weighted by Gasteiger charge is 2.66. The smallest absolute Gasteiger partial charge is 0.193 e. The summed E-state index contributed by atoms with van der Waals surface area (Å²) >= 11 is 0. The number of nitrogens with one attached hydrogen (secondary N) is 1. The Balaban J connectivity index is 0.00000156. The molecule has 0 aromatic rings. The summed E-state index contributed by atoms with van der Waals surface area (Å²) < 4.78 is 6.04. The van der Waals surface area contributed by atoms with E-state index < -0.39 is 0 Å². The van der Waals surface area contributed by atoms with E-state index in [0.29, 0.717) is 17.6 Å². The molecule has 132 valence electrons. The van der Waals surface area contributed by atoms with E-state index in [0.717, 1.165) is 43.4 Å². The molecule has 2 aliphatic heterocycles. The lowest BCUT2D eigenvalue weighted by atomic mass is 9.46. The van der Waals surface area contributed by atoms with Gasteiger partial charge in [0.25, 0.3) is 0 Å². The van der Waals surface area contributed by atoms with Gasteiger partial charge in [-0.2, -0.15) is 0 Å². The highest BCUT2D eigenvalue weighted by molar-refractivity contribution is 14.0. The van der Waals surface area contributed by atoms with Crippen molar-refractivity contribution in [2.24, 2.45) is 28.2 Å². The fourth-order valence-electron chi connectivity index (χ4n) is 5.73. The third-order valence-corrected chi connectivity index (χ3v) is 6.70. The monoisotopic (exact) mass is 433 g/mol. The van der Waals surface area contributed by atoms with Crippen LogP contribution in [-0.4, -0.2) is 49.7 Å². The predicted molar refractivity (Wildman–Crippen MR) is 104 cm³/mol. The molecule has 23 heavy (non-hydrogen) atoms. The van der Waals surface area contributed by atoms with Crippen LogP contribution in [0.2, 0.25) is 0 Å². The number of hydrogen-bond donors (Lipinski definition) is 1. The Morgan fingerprint density at radius 3 is 2.48 bits per heavy atom. The molecule has 2 heterocycles. The normalized spacial score (nSPS) is 41.6. The van der Waals surface area contributed by atoms with Crippen LogP contribution in [0.5, 0.6) is 0 Å². The number of fused-ring (bicyclic) bond motifs is 2. The number of likely N-dealkylation sites (tertiary alicyclic amines) is 1. The average molecular weight is 433 g/mol. The number of ether oxygens (including phenoxy) is 1. The van der Waals surface area contributed by atoms with E-state index in [-0.39, 0.29) is 24.0 Å². The van der Waals surface area contributed by atoms with E-state index in [1.54, 1.807) is 0 Å². The van der Waals surface area contributed by atoms with Crippen LogP contribution in [-0.2, 0) is 4.74 Å². The van der Waals surface area contributed by atoms with Gasteiger partial charge in [-0.15, -0.1) is 24.0 Å². The molecule has 4 rings (SSSR count). The van der Waals surface area contributed by atoms with Crippen LogP contribution in [0.3, 0.4) is 0 Å². The van der Waals surface area contributed by atoms with Crippen molar-refractivity contribution in [1.29, 1.82) is 0 Å². The van der Waals surface area contributed by atoms with Crippen molar-refractivity contribution in [2.45, 2.75) is 58.1 Å². The van der Waals surface area contributed by atoms with E-state index in [1.807, 2.05) is 7.05 Å². The van der Waals surface area contributed by atoms with Gasteiger partial charge in [-0.3, -0.25) is 4.99 Å². The second-order valence-corrected chi connectivity index (χ2v) is 8.35. The summed E-state index contributed by atoms with van der Waals surface area (Å²) in [7, 11) is 1.95. The zero-order valence-electron chi connectivity index (χ0n) is 14.8. The van der Waals surface area contributed by atoms with Gasteiger partial charge in [0.1, 0.15) is 0 Å². The van der Waals surface area contributed by atoms with Crippen LogP contribution in [0.4, 0.5) is 0 Å². The van der Waals surface area contributed by atoms with Gasteiger partial charge in [-0.25, -0.2) is 0 Å². The van der Waals surface area contributed by atoms with Crippen molar-refractivity contribution < 1.29 is 4.74 Å². The highest BCUT2D eigenvalue weighted by Crippen LogP contribution is 2.62. The molecular formula is C18H32IN3O.